The number of benzene rings is 2. The average molecular weight is 364 g/mol. The Balaban J connectivity index is 1.51. The van der Waals surface area contributed by atoms with Crippen molar-refractivity contribution in [2.45, 2.75) is 6.42 Å². The van der Waals surface area contributed by atoms with Gasteiger partial charge in [0, 0.05) is 10.4 Å². The Morgan fingerprint density at radius 1 is 0.962 bits per heavy atom. The molecule has 0 saturated heterocycles. The van der Waals surface area contributed by atoms with E-state index in [1.807, 2.05) is 30.3 Å². The second-order valence-corrected chi connectivity index (χ2v) is 6.52. The van der Waals surface area contributed by atoms with Crippen LogP contribution in [0, 0.1) is 0 Å². The van der Waals surface area contributed by atoms with Crippen molar-refractivity contribution in [2.24, 2.45) is 0 Å². The van der Waals surface area contributed by atoms with Crippen LogP contribution < -0.4 is 0 Å². The van der Waals surface area contributed by atoms with Gasteiger partial charge in [-0.2, -0.15) is 0 Å². The molecule has 0 fully saturated rings. The van der Waals surface area contributed by atoms with Crippen LogP contribution in [0.4, 0.5) is 0 Å². The number of hydrogen-bond acceptors (Lipinski definition) is 6. The SMILES string of the molecule is O=C(Cc1scnc1-c1ccccc1)ON1C(=O)c2ccccc2C1=O. The lowest BCUT2D eigenvalue weighted by molar-refractivity contribution is -0.167. The Hall–Kier alpha value is -3.32. The van der Waals surface area contributed by atoms with Gasteiger partial charge in [-0.3, -0.25) is 9.59 Å². The summed E-state index contributed by atoms with van der Waals surface area (Å²) < 4.78 is 0. The summed E-state index contributed by atoms with van der Waals surface area (Å²) in [5, 5.41) is 0.524. The number of aromatic nitrogens is 1. The van der Waals surface area contributed by atoms with Crippen molar-refractivity contribution < 1.29 is 19.2 Å². The summed E-state index contributed by atoms with van der Waals surface area (Å²) in [6, 6.07) is 15.8. The maximum atomic E-state index is 12.3. The first-order chi connectivity index (χ1) is 12.6. The molecule has 0 unspecified atom stereocenters. The topological polar surface area (TPSA) is 76.6 Å². The van der Waals surface area contributed by atoms with Crippen LogP contribution in [0.3, 0.4) is 0 Å². The maximum absolute atomic E-state index is 12.3. The molecule has 1 aliphatic rings. The summed E-state index contributed by atoms with van der Waals surface area (Å²) in [5.41, 5.74) is 3.68. The lowest BCUT2D eigenvalue weighted by atomic mass is 10.1. The van der Waals surface area contributed by atoms with Gasteiger partial charge in [0.2, 0.25) is 0 Å². The van der Waals surface area contributed by atoms with E-state index in [1.165, 1.54) is 23.5 Å². The molecule has 3 aromatic rings. The van der Waals surface area contributed by atoms with E-state index in [0.29, 0.717) is 15.6 Å². The van der Waals surface area contributed by atoms with Gasteiger partial charge in [-0.15, -0.1) is 11.3 Å². The molecule has 2 amide bonds. The predicted molar refractivity (Wildman–Crippen MR) is 94.3 cm³/mol. The van der Waals surface area contributed by atoms with Crippen LogP contribution in [0.25, 0.3) is 11.3 Å². The van der Waals surface area contributed by atoms with Gasteiger partial charge in [-0.25, -0.2) is 9.78 Å². The van der Waals surface area contributed by atoms with Crippen LogP contribution in [0.15, 0.2) is 60.1 Å². The van der Waals surface area contributed by atoms with Crippen molar-refractivity contribution >= 4 is 29.1 Å². The minimum atomic E-state index is -0.694. The van der Waals surface area contributed by atoms with Crippen molar-refractivity contribution in [3.05, 3.63) is 76.1 Å². The number of carbonyl (C=O) groups excluding carboxylic acids is 3. The average Bonchev–Trinajstić information content (AvgIpc) is 3.22. The minimum Gasteiger partial charge on any atom is -0.329 e. The molecule has 7 heteroatoms. The molecule has 26 heavy (non-hydrogen) atoms. The summed E-state index contributed by atoms with van der Waals surface area (Å²) in [5.74, 6) is -1.96. The van der Waals surface area contributed by atoms with Crippen LogP contribution in [0.5, 0.6) is 0 Å². The third kappa shape index (κ3) is 2.78. The summed E-state index contributed by atoms with van der Waals surface area (Å²) in [6.07, 6.45) is -0.0811. The van der Waals surface area contributed by atoms with E-state index in [4.69, 9.17) is 4.84 Å². The molecule has 0 N–H and O–H groups in total. The highest BCUT2D eigenvalue weighted by Gasteiger charge is 2.38. The van der Waals surface area contributed by atoms with Crippen LogP contribution in [-0.4, -0.2) is 27.8 Å². The van der Waals surface area contributed by atoms with Crippen molar-refractivity contribution in [1.29, 1.82) is 0 Å². The Morgan fingerprint density at radius 2 is 1.58 bits per heavy atom. The smallest absolute Gasteiger partial charge is 0.329 e. The van der Waals surface area contributed by atoms with E-state index in [1.54, 1.807) is 17.6 Å². The molecule has 1 aliphatic heterocycles. The first kappa shape index (κ1) is 16.2. The number of rotatable bonds is 4. The van der Waals surface area contributed by atoms with E-state index >= 15 is 0 Å². The second-order valence-electron chi connectivity index (χ2n) is 5.58. The Bertz CT molecular complexity index is 978. The molecule has 6 nitrogen and oxygen atoms in total. The molecule has 4 rings (SSSR count). The molecule has 2 heterocycles. The number of amides is 2. The number of imide groups is 1. The Labute approximate surface area is 152 Å². The van der Waals surface area contributed by atoms with Gasteiger partial charge in [-0.05, 0) is 12.1 Å². The lowest BCUT2D eigenvalue weighted by Gasteiger charge is -2.12. The van der Waals surface area contributed by atoms with Crippen LogP contribution >= 0.6 is 11.3 Å². The van der Waals surface area contributed by atoms with E-state index in [2.05, 4.69) is 4.98 Å². The number of nitrogens with zero attached hydrogens (tertiary/aromatic N) is 2. The fraction of sp³-hybridized carbons (Fsp3) is 0.0526. The van der Waals surface area contributed by atoms with Crippen molar-refractivity contribution in [2.75, 3.05) is 0 Å². The fourth-order valence-corrected chi connectivity index (χ4v) is 3.51. The molecule has 0 radical (unpaired) electrons. The van der Waals surface area contributed by atoms with Gasteiger partial charge in [0.1, 0.15) is 0 Å². The van der Waals surface area contributed by atoms with E-state index < -0.39 is 17.8 Å². The zero-order chi connectivity index (χ0) is 18.1. The molecule has 0 aliphatic carbocycles. The standard InChI is InChI=1S/C19H12N2O4S/c22-16(10-15-17(20-11-26-15)12-6-2-1-3-7-12)25-21-18(23)13-8-4-5-9-14(13)19(21)24/h1-9,11H,10H2. The second kappa shape index (κ2) is 6.53. The Kier molecular flexibility index (Phi) is 4.06. The normalized spacial score (nSPS) is 13.0. The highest BCUT2D eigenvalue weighted by atomic mass is 32.1. The van der Waals surface area contributed by atoms with E-state index in [-0.39, 0.29) is 17.5 Å². The van der Waals surface area contributed by atoms with E-state index in [0.717, 1.165) is 5.56 Å². The summed E-state index contributed by atoms with van der Waals surface area (Å²) >= 11 is 1.32. The minimum absolute atomic E-state index is 0.0811. The Morgan fingerprint density at radius 3 is 2.23 bits per heavy atom. The van der Waals surface area contributed by atoms with Gasteiger partial charge >= 0.3 is 5.97 Å². The quantitative estimate of drug-likeness (QED) is 0.665. The molecule has 0 saturated carbocycles. The number of hydroxylamine groups is 2. The monoisotopic (exact) mass is 364 g/mol. The molecular weight excluding hydrogens is 352 g/mol. The maximum Gasteiger partial charge on any atom is 0.338 e. The summed E-state index contributed by atoms with van der Waals surface area (Å²) in [7, 11) is 0. The van der Waals surface area contributed by atoms with E-state index in [9.17, 15) is 14.4 Å². The number of thiazole rings is 1. The highest BCUT2D eigenvalue weighted by molar-refractivity contribution is 7.10. The molecule has 1 aromatic heterocycles. The van der Waals surface area contributed by atoms with Crippen molar-refractivity contribution in [3.63, 3.8) is 0 Å². The first-order valence-electron chi connectivity index (χ1n) is 7.81. The highest BCUT2D eigenvalue weighted by Crippen LogP contribution is 2.27. The summed E-state index contributed by atoms with van der Waals surface area (Å²) in [4.78, 5) is 46.9. The van der Waals surface area contributed by atoms with Gasteiger partial charge in [0.05, 0.1) is 28.8 Å². The largest absolute Gasteiger partial charge is 0.338 e. The first-order valence-corrected chi connectivity index (χ1v) is 8.69. The zero-order valence-electron chi connectivity index (χ0n) is 13.4. The number of carbonyl (C=O) groups is 3. The van der Waals surface area contributed by atoms with Gasteiger partial charge in [0.25, 0.3) is 11.8 Å². The predicted octanol–water partition coefficient (Wildman–Crippen LogP) is 3.11. The van der Waals surface area contributed by atoms with Crippen LogP contribution in [-0.2, 0) is 16.1 Å². The van der Waals surface area contributed by atoms with Crippen molar-refractivity contribution in [1.82, 2.24) is 10.0 Å². The van der Waals surface area contributed by atoms with Crippen LogP contribution in [0.2, 0.25) is 0 Å². The van der Waals surface area contributed by atoms with Gasteiger partial charge in [-0.1, -0.05) is 47.5 Å². The fourth-order valence-electron chi connectivity index (χ4n) is 2.74. The van der Waals surface area contributed by atoms with Gasteiger partial charge in [0.15, 0.2) is 0 Å². The molecule has 0 atom stereocenters. The molecule has 0 spiro atoms. The number of hydrogen-bond donors (Lipinski definition) is 0. The van der Waals surface area contributed by atoms with Crippen LogP contribution in [0.1, 0.15) is 25.6 Å². The molecule has 2 aromatic carbocycles. The lowest BCUT2D eigenvalue weighted by Crippen LogP contribution is -2.33. The van der Waals surface area contributed by atoms with Gasteiger partial charge < -0.3 is 4.84 Å². The third-order valence-corrected chi connectivity index (χ3v) is 4.78. The number of fused-ring (bicyclic) bond motifs is 1. The molecular formula is C19H12N2O4S. The zero-order valence-corrected chi connectivity index (χ0v) is 14.2. The molecule has 128 valence electrons. The summed E-state index contributed by atoms with van der Waals surface area (Å²) in [6.45, 7) is 0. The molecule has 0 bridgehead atoms. The third-order valence-electron chi connectivity index (χ3n) is 3.94. The van der Waals surface area contributed by atoms with Crippen molar-refractivity contribution in [3.8, 4) is 11.3 Å².